The van der Waals surface area contributed by atoms with Crippen LogP contribution in [0.15, 0.2) is 11.6 Å². The zero-order valence-electron chi connectivity index (χ0n) is 16.2. The van der Waals surface area contributed by atoms with Crippen molar-refractivity contribution in [1.82, 2.24) is 14.9 Å². The van der Waals surface area contributed by atoms with Gasteiger partial charge in [-0.2, -0.15) is 0 Å². The second-order valence-electron chi connectivity index (χ2n) is 7.53. The molecule has 0 aromatic carbocycles. The highest BCUT2D eigenvalue weighted by Gasteiger charge is 2.29. The Morgan fingerprint density at radius 1 is 1.34 bits per heavy atom. The Balaban J connectivity index is 1.55. The number of anilines is 1. The quantitative estimate of drug-likeness (QED) is 0.565. The molecule has 1 N–H and O–H groups in total. The number of amides is 2. The van der Waals surface area contributed by atoms with Crippen LogP contribution in [0.2, 0.25) is 0 Å². The van der Waals surface area contributed by atoms with Crippen molar-refractivity contribution < 1.29 is 19.2 Å². The molecule has 0 unspecified atom stereocenters. The molecule has 0 aliphatic carbocycles. The summed E-state index contributed by atoms with van der Waals surface area (Å²) < 4.78 is 5.40. The lowest BCUT2D eigenvalue weighted by Gasteiger charge is -2.32. The molecule has 1 saturated heterocycles. The van der Waals surface area contributed by atoms with E-state index >= 15 is 0 Å². The predicted octanol–water partition coefficient (Wildman–Crippen LogP) is 3.87. The minimum absolute atomic E-state index is 0.143. The Labute approximate surface area is 175 Å². The molecule has 2 aromatic rings. The number of nitrogens with one attached hydrogen (secondary N) is 1. The van der Waals surface area contributed by atoms with Gasteiger partial charge in [0, 0.05) is 24.4 Å². The number of hydrogen-bond acceptors (Lipinski definition) is 9. The summed E-state index contributed by atoms with van der Waals surface area (Å²) in [5.74, 6) is -0.288. The molecule has 12 heteroatoms. The smallest absolute Gasteiger partial charge is 0.410 e. The zero-order chi connectivity index (χ0) is 21.2. The number of ether oxygens (including phenoxy) is 1. The van der Waals surface area contributed by atoms with Crippen molar-refractivity contribution in [2.24, 2.45) is 0 Å². The Hall–Kier alpha value is -2.60. The average Bonchev–Trinajstić information content (AvgIpc) is 3.30. The maximum atomic E-state index is 12.3. The maximum absolute atomic E-state index is 12.3. The number of nitro groups is 1. The SMILES string of the molecule is CC(C)(C)OC(=O)N1CCC(c2nc(C(=O)Nc3ncc([N+](=O)[O-])s3)cs2)CC1. The number of likely N-dealkylation sites (tertiary alicyclic amines) is 1. The third-order valence-electron chi connectivity index (χ3n) is 4.14. The summed E-state index contributed by atoms with van der Waals surface area (Å²) in [6, 6.07) is 0. The third kappa shape index (κ3) is 5.48. The van der Waals surface area contributed by atoms with Crippen LogP contribution in [0.4, 0.5) is 14.9 Å². The van der Waals surface area contributed by atoms with Crippen LogP contribution in [0.1, 0.15) is 55.0 Å². The van der Waals surface area contributed by atoms with E-state index in [0.29, 0.717) is 13.1 Å². The topological polar surface area (TPSA) is 128 Å². The standard InChI is InChI=1S/C17H21N5O5S2/c1-17(2,3)27-16(24)21-6-4-10(5-7-21)14-19-11(9-28-14)13(23)20-15-18-8-12(29-15)22(25)26/h8-10H,4-7H2,1-3H3,(H,18,20,23). The third-order valence-corrected chi connectivity index (χ3v) is 6.02. The lowest BCUT2D eigenvalue weighted by Crippen LogP contribution is -2.41. The van der Waals surface area contributed by atoms with Gasteiger partial charge < -0.3 is 9.64 Å². The molecule has 1 aliphatic rings. The number of thiazole rings is 2. The average molecular weight is 440 g/mol. The fourth-order valence-electron chi connectivity index (χ4n) is 2.78. The van der Waals surface area contributed by atoms with Crippen LogP contribution < -0.4 is 5.32 Å². The second kappa shape index (κ2) is 8.41. The molecule has 0 saturated carbocycles. The number of carbonyl (C=O) groups is 2. The highest BCUT2D eigenvalue weighted by Crippen LogP contribution is 2.31. The molecule has 0 bridgehead atoms. The molecule has 2 aromatic heterocycles. The van der Waals surface area contributed by atoms with Gasteiger partial charge in [-0.3, -0.25) is 20.2 Å². The van der Waals surface area contributed by atoms with E-state index in [4.69, 9.17) is 4.74 Å². The van der Waals surface area contributed by atoms with E-state index in [1.54, 1.807) is 10.3 Å². The van der Waals surface area contributed by atoms with Crippen molar-refractivity contribution in [3.63, 3.8) is 0 Å². The number of carbonyl (C=O) groups excluding carboxylic acids is 2. The van der Waals surface area contributed by atoms with Gasteiger partial charge in [-0.25, -0.2) is 14.8 Å². The van der Waals surface area contributed by atoms with Crippen molar-refractivity contribution in [1.29, 1.82) is 0 Å². The van der Waals surface area contributed by atoms with Crippen molar-refractivity contribution in [2.45, 2.75) is 45.1 Å². The summed E-state index contributed by atoms with van der Waals surface area (Å²) in [5.41, 5.74) is -0.277. The van der Waals surface area contributed by atoms with Crippen LogP contribution in [0, 0.1) is 10.1 Å². The summed E-state index contributed by atoms with van der Waals surface area (Å²) in [6.07, 6.45) is 2.28. The van der Waals surface area contributed by atoms with Gasteiger partial charge in [-0.1, -0.05) is 0 Å². The van der Waals surface area contributed by atoms with Gasteiger partial charge in [0.15, 0.2) is 5.13 Å². The van der Waals surface area contributed by atoms with Crippen molar-refractivity contribution in [2.75, 3.05) is 18.4 Å². The molecule has 1 aliphatic heterocycles. The summed E-state index contributed by atoms with van der Waals surface area (Å²) in [6.45, 7) is 6.66. The van der Waals surface area contributed by atoms with Gasteiger partial charge in [0.1, 0.15) is 17.5 Å². The Bertz CT molecular complexity index is 911. The molecule has 0 radical (unpaired) electrons. The molecule has 0 atom stereocenters. The highest BCUT2D eigenvalue weighted by atomic mass is 32.1. The molecule has 29 heavy (non-hydrogen) atoms. The monoisotopic (exact) mass is 439 g/mol. The minimum atomic E-state index is -0.558. The number of nitrogens with zero attached hydrogens (tertiary/aromatic N) is 4. The van der Waals surface area contributed by atoms with Crippen molar-refractivity contribution >= 4 is 44.8 Å². The summed E-state index contributed by atoms with van der Waals surface area (Å²) in [4.78, 5) is 44.6. The zero-order valence-corrected chi connectivity index (χ0v) is 17.8. The first kappa shape index (κ1) is 21.1. The molecule has 1 fully saturated rings. The van der Waals surface area contributed by atoms with Gasteiger partial charge >= 0.3 is 11.1 Å². The van der Waals surface area contributed by atoms with E-state index in [9.17, 15) is 19.7 Å². The molecule has 0 spiro atoms. The summed E-state index contributed by atoms with van der Waals surface area (Å²) in [7, 11) is 0. The van der Waals surface area contributed by atoms with E-state index in [1.165, 1.54) is 11.3 Å². The van der Waals surface area contributed by atoms with Gasteiger partial charge in [0.2, 0.25) is 0 Å². The Kier molecular flexibility index (Phi) is 6.13. The van der Waals surface area contributed by atoms with Gasteiger partial charge in [-0.15, -0.1) is 11.3 Å². The molecule has 10 nitrogen and oxygen atoms in total. The van der Waals surface area contributed by atoms with E-state index in [1.807, 2.05) is 20.8 Å². The largest absolute Gasteiger partial charge is 0.444 e. The van der Waals surface area contributed by atoms with E-state index < -0.39 is 16.4 Å². The van der Waals surface area contributed by atoms with Crippen LogP contribution in [0.25, 0.3) is 0 Å². The predicted molar refractivity (Wildman–Crippen MR) is 109 cm³/mol. The highest BCUT2D eigenvalue weighted by molar-refractivity contribution is 7.18. The van der Waals surface area contributed by atoms with Crippen LogP contribution in [0.3, 0.4) is 0 Å². The first-order valence-corrected chi connectivity index (χ1v) is 10.7. The number of piperidine rings is 1. The van der Waals surface area contributed by atoms with Crippen molar-refractivity contribution in [3.8, 4) is 0 Å². The van der Waals surface area contributed by atoms with Gasteiger partial charge in [0.25, 0.3) is 5.91 Å². The first-order valence-electron chi connectivity index (χ1n) is 8.97. The Morgan fingerprint density at radius 3 is 2.62 bits per heavy atom. The minimum Gasteiger partial charge on any atom is -0.444 e. The number of hydrogen-bond donors (Lipinski definition) is 1. The molecular formula is C17H21N5O5S2. The molecule has 3 rings (SSSR count). The van der Waals surface area contributed by atoms with E-state index in [0.717, 1.165) is 35.4 Å². The number of rotatable bonds is 4. The lowest BCUT2D eigenvalue weighted by molar-refractivity contribution is -0.380. The molecular weight excluding hydrogens is 418 g/mol. The van der Waals surface area contributed by atoms with Crippen LogP contribution >= 0.6 is 22.7 Å². The van der Waals surface area contributed by atoms with E-state index in [2.05, 4.69) is 15.3 Å². The maximum Gasteiger partial charge on any atom is 0.410 e. The fraction of sp³-hybridized carbons (Fsp3) is 0.529. The summed E-state index contributed by atoms with van der Waals surface area (Å²) in [5, 5.41) is 15.7. The molecule has 156 valence electrons. The van der Waals surface area contributed by atoms with Gasteiger partial charge in [0.05, 0.1) is 9.93 Å². The molecule has 2 amide bonds. The van der Waals surface area contributed by atoms with E-state index in [-0.39, 0.29) is 27.8 Å². The Morgan fingerprint density at radius 2 is 2.03 bits per heavy atom. The van der Waals surface area contributed by atoms with Crippen molar-refractivity contribution in [3.05, 3.63) is 32.4 Å². The second-order valence-corrected chi connectivity index (χ2v) is 9.43. The van der Waals surface area contributed by atoms with Crippen LogP contribution in [-0.2, 0) is 4.74 Å². The van der Waals surface area contributed by atoms with Crippen LogP contribution in [0.5, 0.6) is 0 Å². The normalized spacial score (nSPS) is 15.2. The number of aromatic nitrogens is 2. The summed E-state index contributed by atoms with van der Waals surface area (Å²) >= 11 is 2.18. The fourth-order valence-corrected chi connectivity index (χ4v) is 4.38. The van der Waals surface area contributed by atoms with Gasteiger partial charge in [-0.05, 0) is 44.9 Å². The molecule has 3 heterocycles. The first-order chi connectivity index (χ1) is 13.6. The van der Waals surface area contributed by atoms with Crippen LogP contribution in [-0.4, -0.2) is 50.5 Å². The lowest BCUT2D eigenvalue weighted by atomic mass is 9.98.